The lowest BCUT2D eigenvalue weighted by Gasteiger charge is -2.26. The predicted molar refractivity (Wildman–Crippen MR) is 122 cm³/mol. The van der Waals surface area contributed by atoms with Crippen molar-refractivity contribution in [3.8, 4) is 11.1 Å². The number of benzene rings is 2. The van der Waals surface area contributed by atoms with Gasteiger partial charge in [-0.2, -0.15) is 11.8 Å². The molecule has 0 spiro atoms. The number of anilines is 1. The Labute approximate surface area is 184 Å². The third-order valence-electron chi connectivity index (χ3n) is 5.78. The lowest BCUT2D eigenvalue weighted by molar-refractivity contribution is 0.578. The molecule has 5 rings (SSSR count). The summed E-state index contributed by atoms with van der Waals surface area (Å²) in [6, 6.07) is 12.0. The first-order valence-corrected chi connectivity index (χ1v) is 11.6. The molecule has 4 nitrogen and oxygen atoms in total. The van der Waals surface area contributed by atoms with E-state index in [-0.39, 0.29) is 11.6 Å². The summed E-state index contributed by atoms with van der Waals surface area (Å²) in [5, 5.41) is 0. The standard InChI is InChI=1S/C24H22F2N4S/c25-19-2-1-3-20(26)23(19)22-9-8-21(29-22)17-6-4-16(5-7-17)18-14-27-24(28-15-18)30-10-12-31-13-11-30/h1-7,14-15,21H,8-13H2. The molecule has 1 aromatic heterocycles. The van der Waals surface area contributed by atoms with Crippen LogP contribution in [-0.4, -0.2) is 40.3 Å². The summed E-state index contributed by atoms with van der Waals surface area (Å²) in [7, 11) is 0. The second-order valence-electron chi connectivity index (χ2n) is 7.72. The van der Waals surface area contributed by atoms with Crippen molar-refractivity contribution in [1.82, 2.24) is 9.97 Å². The minimum absolute atomic E-state index is 0.00570. The molecular formula is C24H22F2N4S. The Morgan fingerprint density at radius 1 is 0.871 bits per heavy atom. The van der Waals surface area contributed by atoms with Gasteiger partial charge in [0.05, 0.1) is 11.6 Å². The highest BCUT2D eigenvalue weighted by molar-refractivity contribution is 7.99. The van der Waals surface area contributed by atoms with E-state index in [0.29, 0.717) is 12.1 Å². The smallest absolute Gasteiger partial charge is 0.225 e. The van der Waals surface area contributed by atoms with Crippen molar-refractivity contribution in [2.24, 2.45) is 4.99 Å². The second-order valence-corrected chi connectivity index (χ2v) is 8.94. The van der Waals surface area contributed by atoms with Crippen LogP contribution in [0.15, 0.2) is 59.9 Å². The van der Waals surface area contributed by atoms with Crippen molar-refractivity contribution < 1.29 is 8.78 Å². The van der Waals surface area contributed by atoms with E-state index in [1.165, 1.54) is 18.2 Å². The Bertz CT molecular complexity index is 1070. The first kappa shape index (κ1) is 20.1. The van der Waals surface area contributed by atoms with Gasteiger partial charge in [0.15, 0.2) is 0 Å². The van der Waals surface area contributed by atoms with Gasteiger partial charge < -0.3 is 4.90 Å². The number of thioether (sulfide) groups is 1. The fraction of sp³-hybridized carbons (Fsp3) is 0.292. The van der Waals surface area contributed by atoms with E-state index in [1.807, 2.05) is 48.4 Å². The van der Waals surface area contributed by atoms with Crippen LogP contribution in [0.25, 0.3) is 11.1 Å². The maximum Gasteiger partial charge on any atom is 0.225 e. The van der Waals surface area contributed by atoms with Crippen LogP contribution in [0.5, 0.6) is 0 Å². The van der Waals surface area contributed by atoms with Crippen LogP contribution in [0.1, 0.15) is 30.0 Å². The van der Waals surface area contributed by atoms with E-state index in [2.05, 4.69) is 19.9 Å². The average Bonchev–Trinajstić information content (AvgIpc) is 3.30. The number of hydrogen-bond acceptors (Lipinski definition) is 5. The third kappa shape index (κ3) is 4.19. The topological polar surface area (TPSA) is 41.4 Å². The number of hydrogen-bond donors (Lipinski definition) is 0. The quantitative estimate of drug-likeness (QED) is 0.557. The maximum atomic E-state index is 14.1. The van der Waals surface area contributed by atoms with Gasteiger partial charge in [-0.1, -0.05) is 30.3 Å². The van der Waals surface area contributed by atoms with E-state index in [0.717, 1.165) is 53.7 Å². The highest BCUT2D eigenvalue weighted by Crippen LogP contribution is 2.33. The number of nitrogens with zero attached hydrogens (tertiary/aromatic N) is 4. The van der Waals surface area contributed by atoms with E-state index >= 15 is 0 Å². The summed E-state index contributed by atoms with van der Waals surface area (Å²) >= 11 is 1.96. The molecule has 0 aliphatic carbocycles. The van der Waals surface area contributed by atoms with Crippen LogP contribution in [0.4, 0.5) is 14.7 Å². The number of aliphatic imine (C=N–C) groups is 1. The van der Waals surface area contributed by atoms with E-state index in [9.17, 15) is 8.78 Å². The van der Waals surface area contributed by atoms with Crippen LogP contribution in [0.2, 0.25) is 0 Å². The Morgan fingerprint density at radius 2 is 1.55 bits per heavy atom. The van der Waals surface area contributed by atoms with Crippen LogP contribution in [-0.2, 0) is 0 Å². The van der Waals surface area contributed by atoms with Crippen LogP contribution >= 0.6 is 11.8 Å². The van der Waals surface area contributed by atoms with Gasteiger partial charge in [0.2, 0.25) is 5.95 Å². The average molecular weight is 437 g/mol. The molecule has 0 amide bonds. The number of aromatic nitrogens is 2. The van der Waals surface area contributed by atoms with Crippen LogP contribution in [0, 0.1) is 11.6 Å². The summed E-state index contributed by atoms with van der Waals surface area (Å²) in [5.74, 6) is 1.90. The van der Waals surface area contributed by atoms with Gasteiger partial charge in [-0.05, 0) is 36.1 Å². The summed E-state index contributed by atoms with van der Waals surface area (Å²) in [4.78, 5) is 15.9. The van der Waals surface area contributed by atoms with Crippen molar-refractivity contribution in [3.05, 3.63) is 77.6 Å². The number of halogens is 2. The van der Waals surface area contributed by atoms with Gasteiger partial charge in [0.25, 0.3) is 0 Å². The second kappa shape index (κ2) is 8.75. The minimum Gasteiger partial charge on any atom is -0.339 e. The highest BCUT2D eigenvalue weighted by atomic mass is 32.2. The Hall–Kier alpha value is -2.80. The first-order valence-electron chi connectivity index (χ1n) is 10.5. The molecule has 158 valence electrons. The Balaban J connectivity index is 1.32. The Morgan fingerprint density at radius 3 is 2.23 bits per heavy atom. The molecule has 7 heteroatoms. The lowest BCUT2D eigenvalue weighted by atomic mass is 10.0. The molecule has 0 radical (unpaired) electrons. The molecular weight excluding hydrogens is 414 g/mol. The van der Waals surface area contributed by atoms with E-state index in [4.69, 9.17) is 0 Å². The third-order valence-corrected chi connectivity index (χ3v) is 6.72. The zero-order valence-electron chi connectivity index (χ0n) is 17.0. The molecule has 1 saturated heterocycles. The van der Waals surface area contributed by atoms with Crippen molar-refractivity contribution in [1.29, 1.82) is 0 Å². The van der Waals surface area contributed by atoms with Crippen LogP contribution < -0.4 is 4.90 Å². The SMILES string of the molecule is Fc1cccc(F)c1C1=NC(c2ccc(-c3cnc(N4CCSCC4)nc3)cc2)CC1. The van der Waals surface area contributed by atoms with Gasteiger partial charge in [-0.15, -0.1) is 0 Å². The van der Waals surface area contributed by atoms with E-state index in [1.54, 1.807) is 0 Å². The fourth-order valence-electron chi connectivity index (χ4n) is 4.09. The molecule has 1 fully saturated rings. The molecule has 0 bridgehead atoms. The highest BCUT2D eigenvalue weighted by Gasteiger charge is 2.24. The van der Waals surface area contributed by atoms with Gasteiger partial charge in [-0.3, -0.25) is 4.99 Å². The summed E-state index contributed by atoms with van der Waals surface area (Å²) in [6.07, 6.45) is 5.04. The molecule has 0 N–H and O–H groups in total. The van der Waals surface area contributed by atoms with Crippen LogP contribution in [0.3, 0.4) is 0 Å². The molecule has 2 aromatic carbocycles. The van der Waals surface area contributed by atoms with Gasteiger partial charge >= 0.3 is 0 Å². The molecule has 0 saturated carbocycles. The molecule has 31 heavy (non-hydrogen) atoms. The first-order chi connectivity index (χ1) is 15.2. The number of rotatable bonds is 4. The van der Waals surface area contributed by atoms with Gasteiger partial charge in [0, 0.05) is 48.3 Å². The fourth-order valence-corrected chi connectivity index (χ4v) is 4.99. The van der Waals surface area contributed by atoms with Crippen molar-refractivity contribution in [2.75, 3.05) is 29.5 Å². The summed E-state index contributed by atoms with van der Waals surface area (Å²) in [5.41, 5.74) is 3.55. The van der Waals surface area contributed by atoms with E-state index < -0.39 is 11.6 Å². The predicted octanol–water partition coefficient (Wildman–Crippen LogP) is 5.30. The van der Waals surface area contributed by atoms with Crippen molar-refractivity contribution in [3.63, 3.8) is 0 Å². The van der Waals surface area contributed by atoms with Gasteiger partial charge in [0.1, 0.15) is 11.6 Å². The molecule has 1 atom stereocenters. The molecule has 1 unspecified atom stereocenters. The summed E-state index contributed by atoms with van der Waals surface area (Å²) in [6.45, 7) is 1.97. The van der Waals surface area contributed by atoms with Crippen molar-refractivity contribution in [2.45, 2.75) is 18.9 Å². The normalized spacial score (nSPS) is 18.8. The minimum atomic E-state index is -0.554. The molecule has 2 aliphatic rings. The molecule has 3 aromatic rings. The zero-order valence-corrected chi connectivity index (χ0v) is 17.8. The largest absolute Gasteiger partial charge is 0.339 e. The summed E-state index contributed by atoms with van der Waals surface area (Å²) < 4.78 is 28.2. The maximum absolute atomic E-state index is 14.1. The molecule has 3 heterocycles. The van der Waals surface area contributed by atoms with Crippen molar-refractivity contribution >= 4 is 23.4 Å². The lowest BCUT2D eigenvalue weighted by Crippen LogP contribution is -2.33. The Kier molecular flexibility index (Phi) is 5.68. The van der Waals surface area contributed by atoms with Gasteiger partial charge in [-0.25, -0.2) is 18.7 Å². The monoisotopic (exact) mass is 436 g/mol. The zero-order chi connectivity index (χ0) is 21.2. The molecule has 2 aliphatic heterocycles.